The number of halogens is 2. The molecule has 0 aliphatic heterocycles. The first-order valence-corrected chi connectivity index (χ1v) is 6.70. The second-order valence-electron chi connectivity index (χ2n) is 4.25. The molecule has 0 aromatic heterocycles. The smallest absolute Gasteiger partial charge is 0.127 e. The summed E-state index contributed by atoms with van der Waals surface area (Å²) in [4.78, 5) is 0. The van der Waals surface area contributed by atoms with Crippen LogP contribution in [0.1, 0.15) is 32.3 Å². The van der Waals surface area contributed by atoms with Crippen LogP contribution in [0.3, 0.4) is 0 Å². The second kappa shape index (κ2) is 7.72. The van der Waals surface area contributed by atoms with Crippen molar-refractivity contribution in [2.24, 2.45) is 0 Å². The lowest BCUT2D eigenvalue weighted by Gasteiger charge is -2.23. The standard InChI is InChI=1S/C14H20ClFO2/c1-3-6-14(18-4-2)13(17)9-10-11(15)7-5-8-12(10)16/h5,7-8,13-14,17H,3-4,6,9H2,1-2H3. The van der Waals surface area contributed by atoms with Gasteiger partial charge in [0.1, 0.15) is 5.82 Å². The molecule has 0 saturated carbocycles. The molecule has 1 aromatic rings. The molecule has 0 saturated heterocycles. The van der Waals surface area contributed by atoms with Crippen LogP contribution in [0.15, 0.2) is 18.2 Å². The van der Waals surface area contributed by atoms with E-state index < -0.39 is 6.10 Å². The Morgan fingerprint density at radius 3 is 2.67 bits per heavy atom. The summed E-state index contributed by atoms with van der Waals surface area (Å²) in [7, 11) is 0. The molecule has 0 aliphatic carbocycles. The van der Waals surface area contributed by atoms with Crippen LogP contribution in [0.25, 0.3) is 0 Å². The molecule has 2 nitrogen and oxygen atoms in total. The Hall–Kier alpha value is -0.640. The van der Waals surface area contributed by atoms with Crippen LogP contribution in [-0.2, 0) is 11.2 Å². The van der Waals surface area contributed by atoms with E-state index in [0.29, 0.717) is 17.2 Å². The number of hydrogen-bond acceptors (Lipinski definition) is 2. The Bertz CT molecular complexity index is 345. The molecule has 0 amide bonds. The molecule has 0 heterocycles. The molecule has 102 valence electrons. The summed E-state index contributed by atoms with van der Waals surface area (Å²) >= 11 is 5.94. The van der Waals surface area contributed by atoms with Crippen LogP contribution < -0.4 is 0 Å². The van der Waals surface area contributed by atoms with E-state index in [1.165, 1.54) is 6.07 Å². The number of ether oxygens (including phenoxy) is 1. The number of aliphatic hydroxyl groups is 1. The van der Waals surface area contributed by atoms with Crippen LogP contribution in [-0.4, -0.2) is 23.9 Å². The number of benzene rings is 1. The van der Waals surface area contributed by atoms with Crippen molar-refractivity contribution >= 4 is 11.6 Å². The normalized spacial score (nSPS) is 14.5. The van der Waals surface area contributed by atoms with Gasteiger partial charge in [-0.3, -0.25) is 0 Å². The quantitative estimate of drug-likeness (QED) is 0.823. The molecule has 0 bridgehead atoms. The van der Waals surface area contributed by atoms with Gasteiger partial charge in [-0.05, 0) is 25.5 Å². The van der Waals surface area contributed by atoms with Crippen molar-refractivity contribution in [3.8, 4) is 0 Å². The molecular formula is C14H20ClFO2. The van der Waals surface area contributed by atoms with E-state index in [1.807, 2.05) is 13.8 Å². The Balaban J connectivity index is 2.75. The molecule has 0 radical (unpaired) electrons. The number of aliphatic hydroxyl groups excluding tert-OH is 1. The Morgan fingerprint density at radius 1 is 1.39 bits per heavy atom. The van der Waals surface area contributed by atoms with Gasteiger partial charge in [0.25, 0.3) is 0 Å². The van der Waals surface area contributed by atoms with Crippen molar-refractivity contribution < 1.29 is 14.2 Å². The van der Waals surface area contributed by atoms with Gasteiger partial charge < -0.3 is 9.84 Å². The minimum Gasteiger partial charge on any atom is -0.390 e. The molecule has 4 heteroatoms. The first-order valence-electron chi connectivity index (χ1n) is 6.32. The minimum absolute atomic E-state index is 0.177. The average molecular weight is 275 g/mol. The summed E-state index contributed by atoms with van der Waals surface area (Å²) in [5.74, 6) is -0.381. The van der Waals surface area contributed by atoms with E-state index in [9.17, 15) is 9.50 Å². The van der Waals surface area contributed by atoms with Crippen molar-refractivity contribution in [1.29, 1.82) is 0 Å². The minimum atomic E-state index is -0.737. The van der Waals surface area contributed by atoms with Gasteiger partial charge in [0.05, 0.1) is 12.2 Å². The predicted molar refractivity (Wildman–Crippen MR) is 71.4 cm³/mol. The summed E-state index contributed by atoms with van der Waals surface area (Å²) in [5.41, 5.74) is 0.354. The molecule has 2 unspecified atom stereocenters. The van der Waals surface area contributed by atoms with Crippen LogP contribution in [0, 0.1) is 5.82 Å². The van der Waals surface area contributed by atoms with E-state index >= 15 is 0 Å². The van der Waals surface area contributed by atoms with Gasteiger partial charge in [0, 0.05) is 23.6 Å². The van der Waals surface area contributed by atoms with Crippen LogP contribution >= 0.6 is 11.6 Å². The number of rotatable bonds is 7. The van der Waals surface area contributed by atoms with Crippen LogP contribution in [0.4, 0.5) is 4.39 Å². The van der Waals surface area contributed by atoms with Gasteiger partial charge in [-0.25, -0.2) is 4.39 Å². The molecule has 0 aliphatic rings. The third kappa shape index (κ3) is 4.23. The fraction of sp³-hybridized carbons (Fsp3) is 0.571. The van der Waals surface area contributed by atoms with Crippen molar-refractivity contribution in [2.45, 2.75) is 45.3 Å². The predicted octanol–water partition coefficient (Wildman–Crippen LogP) is 3.59. The zero-order chi connectivity index (χ0) is 13.5. The maximum Gasteiger partial charge on any atom is 0.127 e. The largest absolute Gasteiger partial charge is 0.390 e. The van der Waals surface area contributed by atoms with E-state index in [4.69, 9.17) is 16.3 Å². The fourth-order valence-corrected chi connectivity index (χ4v) is 2.19. The topological polar surface area (TPSA) is 29.5 Å². The fourth-order valence-electron chi connectivity index (χ4n) is 1.95. The Morgan fingerprint density at radius 2 is 2.11 bits per heavy atom. The molecule has 1 N–H and O–H groups in total. The highest BCUT2D eigenvalue weighted by atomic mass is 35.5. The van der Waals surface area contributed by atoms with Crippen LogP contribution in [0.5, 0.6) is 0 Å². The molecule has 1 rings (SSSR count). The highest BCUT2D eigenvalue weighted by Gasteiger charge is 2.21. The summed E-state index contributed by atoms with van der Waals surface area (Å²) in [5, 5.41) is 10.5. The highest BCUT2D eigenvalue weighted by molar-refractivity contribution is 6.31. The van der Waals surface area contributed by atoms with Gasteiger partial charge >= 0.3 is 0 Å². The van der Waals surface area contributed by atoms with Gasteiger partial charge in [0.15, 0.2) is 0 Å². The van der Waals surface area contributed by atoms with E-state index in [1.54, 1.807) is 12.1 Å². The monoisotopic (exact) mass is 274 g/mol. The zero-order valence-electron chi connectivity index (χ0n) is 10.8. The second-order valence-corrected chi connectivity index (χ2v) is 4.66. The van der Waals surface area contributed by atoms with E-state index in [0.717, 1.165) is 12.8 Å². The third-order valence-corrected chi connectivity index (χ3v) is 3.21. The van der Waals surface area contributed by atoms with Crippen LogP contribution in [0.2, 0.25) is 5.02 Å². The van der Waals surface area contributed by atoms with Gasteiger partial charge in [-0.1, -0.05) is 31.0 Å². The summed E-state index contributed by atoms with van der Waals surface area (Å²) in [6.07, 6.45) is 0.833. The summed E-state index contributed by atoms with van der Waals surface area (Å²) in [6.45, 7) is 4.44. The summed E-state index contributed by atoms with van der Waals surface area (Å²) in [6, 6.07) is 4.53. The Kier molecular flexibility index (Phi) is 6.61. The lowest BCUT2D eigenvalue weighted by molar-refractivity contribution is -0.0366. The molecule has 18 heavy (non-hydrogen) atoms. The molecular weight excluding hydrogens is 255 g/mol. The van der Waals surface area contributed by atoms with Crippen molar-refractivity contribution in [1.82, 2.24) is 0 Å². The Labute approximate surface area is 113 Å². The first-order chi connectivity index (χ1) is 8.60. The average Bonchev–Trinajstić information content (AvgIpc) is 2.33. The van der Waals surface area contributed by atoms with Gasteiger partial charge in [0.2, 0.25) is 0 Å². The van der Waals surface area contributed by atoms with Crippen molar-refractivity contribution in [2.75, 3.05) is 6.61 Å². The van der Waals surface area contributed by atoms with Gasteiger partial charge in [-0.15, -0.1) is 0 Å². The van der Waals surface area contributed by atoms with Crippen molar-refractivity contribution in [3.63, 3.8) is 0 Å². The first kappa shape index (κ1) is 15.4. The molecule has 2 atom stereocenters. The zero-order valence-corrected chi connectivity index (χ0v) is 11.6. The molecule has 0 spiro atoms. The molecule has 0 fully saturated rings. The lowest BCUT2D eigenvalue weighted by atomic mass is 10.0. The van der Waals surface area contributed by atoms with Gasteiger partial charge in [-0.2, -0.15) is 0 Å². The third-order valence-electron chi connectivity index (χ3n) is 2.86. The highest BCUT2D eigenvalue weighted by Crippen LogP contribution is 2.22. The van der Waals surface area contributed by atoms with Crippen molar-refractivity contribution in [3.05, 3.63) is 34.6 Å². The number of hydrogen-bond donors (Lipinski definition) is 1. The van der Waals surface area contributed by atoms with E-state index in [-0.39, 0.29) is 18.3 Å². The van der Waals surface area contributed by atoms with E-state index in [2.05, 4.69) is 0 Å². The lowest BCUT2D eigenvalue weighted by Crippen LogP contribution is -2.31. The maximum atomic E-state index is 13.6. The molecule has 1 aromatic carbocycles. The maximum absolute atomic E-state index is 13.6. The summed E-state index contributed by atoms with van der Waals surface area (Å²) < 4.78 is 19.1. The SMILES string of the molecule is CCCC(OCC)C(O)Cc1c(F)cccc1Cl.